The van der Waals surface area contributed by atoms with Gasteiger partial charge < -0.3 is 10.0 Å². The van der Waals surface area contributed by atoms with Crippen LogP contribution in [0.25, 0.3) is 0 Å². The third-order valence-corrected chi connectivity index (χ3v) is 2.51. The summed E-state index contributed by atoms with van der Waals surface area (Å²) in [6.45, 7) is 9.43. The van der Waals surface area contributed by atoms with Crippen LogP contribution in [0.5, 0.6) is 0 Å². The van der Waals surface area contributed by atoms with Crippen molar-refractivity contribution < 1.29 is 5.11 Å². The normalized spacial score (nSPS) is 13.6. The molecule has 1 aromatic rings. The molecule has 0 aliphatic heterocycles. The van der Waals surface area contributed by atoms with Crippen LogP contribution >= 0.6 is 0 Å². The fraction of sp³-hybridized carbons (Fsp3) is 0.571. The van der Waals surface area contributed by atoms with Crippen LogP contribution in [0.4, 0.5) is 5.69 Å². The zero-order chi connectivity index (χ0) is 12.3. The van der Waals surface area contributed by atoms with Crippen molar-refractivity contribution in [3.05, 3.63) is 29.8 Å². The minimum Gasteiger partial charge on any atom is -0.389 e. The van der Waals surface area contributed by atoms with Gasteiger partial charge in [0.05, 0.1) is 6.10 Å². The van der Waals surface area contributed by atoms with Gasteiger partial charge in [0.1, 0.15) is 0 Å². The summed E-state index contributed by atoms with van der Waals surface area (Å²) in [5, 5.41) is 9.73. The maximum absolute atomic E-state index is 9.73. The number of hydrogen-bond acceptors (Lipinski definition) is 2. The van der Waals surface area contributed by atoms with E-state index in [0.717, 1.165) is 17.8 Å². The van der Waals surface area contributed by atoms with E-state index in [2.05, 4.69) is 38.8 Å². The van der Waals surface area contributed by atoms with Gasteiger partial charge in [0.2, 0.25) is 0 Å². The van der Waals surface area contributed by atoms with Crippen molar-refractivity contribution in [3.63, 3.8) is 0 Å². The molecule has 0 saturated heterocycles. The molecule has 0 aromatic heterocycles. The van der Waals surface area contributed by atoms with Gasteiger partial charge in [-0.1, -0.05) is 39.0 Å². The minimum absolute atomic E-state index is 0.251. The lowest BCUT2D eigenvalue weighted by molar-refractivity contribution is 0.199. The summed E-state index contributed by atoms with van der Waals surface area (Å²) in [6.07, 6.45) is -0.418. The molecular formula is C14H23NO. The second-order valence-electron chi connectivity index (χ2n) is 5.65. The Balaban J connectivity index is 2.95. The Hall–Kier alpha value is -1.02. The van der Waals surface area contributed by atoms with E-state index in [-0.39, 0.29) is 5.41 Å². The predicted molar refractivity (Wildman–Crippen MR) is 69.8 cm³/mol. The third-order valence-electron chi connectivity index (χ3n) is 2.51. The van der Waals surface area contributed by atoms with Gasteiger partial charge in [-0.05, 0) is 18.4 Å². The van der Waals surface area contributed by atoms with E-state index in [4.69, 9.17) is 0 Å². The van der Waals surface area contributed by atoms with Gasteiger partial charge in [0.15, 0.2) is 0 Å². The van der Waals surface area contributed by atoms with E-state index in [1.165, 1.54) is 0 Å². The number of nitrogens with zero attached hydrogens (tertiary/aromatic N) is 1. The molecule has 0 saturated carbocycles. The standard InChI is InChI=1S/C14H23NO/c1-11(16)12-8-6-7-9-13(12)15(5)10-14(2,3)4/h6-9,11,16H,10H2,1-5H3. The molecule has 1 N–H and O–H groups in total. The Bertz CT molecular complexity index is 339. The van der Waals surface area contributed by atoms with Gasteiger partial charge >= 0.3 is 0 Å². The number of para-hydroxylation sites is 1. The van der Waals surface area contributed by atoms with Gasteiger partial charge in [-0.15, -0.1) is 0 Å². The summed E-state index contributed by atoms with van der Waals surface area (Å²) in [7, 11) is 2.08. The first-order chi connectivity index (χ1) is 7.31. The Morgan fingerprint density at radius 2 is 1.81 bits per heavy atom. The van der Waals surface area contributed by atoms with Crippen LogP contribution in [0.2, 0.25) is 0 Å². The number of hydrogen-bond donors (Lipinski definition) is 1. The molecule has 2 nitrogen and oxygen atoms in total. The summed E-state index contributed by atoms with van der Waals surface area (Å²) in [5.74, 6) is 0. The Kier molecular flexibility index (Phi) is 3.98. The van der Waals surface area contributed by atoms with Crippen LogP contribution in [0.1, 0.15) is 39.4 Å². The molecular weight excluding hydrogens is 198 g/mol. The topological polar surface area (TPSA) is 23.5 Å². The van der Waals surface area contributed by atoms with Crippen molar-refractivity contribution in [2.75, 3.05) is 18.5 Å². The molecule has 1 atom stereocenters. The molecule has 1 unspecified atom stereocenters. The van der Waals surface area contributed by atoms with E-state index < -0.39 is 6.10 Å². The number of anilines is 1. The molecule has 0 amide bonds. The van der Waals surface area contributed by atoms with E-state index in [1.54, 1.807) is 0 Å². The lowest BCUT2D eigenvalue weighted by atomic mass is 9.95. The van der Waals surface area contributed by atoms with Crippen molar-refractivity contribution in [2.45, 2.75) is 33.8 Å². The molecule has 0 fully saturated rings. The first-order valence-electron chi connectivity index (χ1n) is 5.79. The zero-order valence-corrected chi connectivity index (χ0v) is 11.0. The second-order valence-corrected chi connectivity index (χ2v) is 5.65. The highest BCUT2D eigenvalue weighted by molar-refractivity contribution is 5.54. The average Bonchev–Trinajstić information content (AvgIpc) is 2.15. The Morgan fingerprint density at radius 1 is 1.25 bits per heavy atom. The summed E-state index contributed by atoms with van der Waals surface area (Å²) in [4.78, 5) is 2.21. The lowest BCUT2D eigenvalue weighted by Gasteiger charge is -2.30. The maximum Gasteiger partial charge on any atom is 0.0781 e. The van der Waals surface area contributed by atoms with Gasteiger partial charge in [-0.25, -0.2) is 0 Å². The van der Waals surface area contributed by atoms with Crippen molar-refractivity contribution >= 4 is 5.69 Å². The van der Waals surface area contributed by atoms with Crippen molar-refractivity contribution in [1.82, 2.24) is 0 Å². The molecule has 0 bridgehead atoms. The van der Waals surface area contributed by atoms with E-state index >= 15 is 0 Å². The van der Waals surface area contributed by atoms with Crippen LogP contribution in [0.15, 0.2) is 24.3 Å². The minimum atomic E-state index is -0.418. The van der Waals surface area contributed by atoms with Gasteiger partial charge in [-0.2, -0.15) is 0 Å². The number of aliphatic hydroxyl groups excluding tert-OH is 1. The largest absolute Gasteiger partial charge is 0.389 e. The van der Waals surface area contributed by atoms with Crippen LogP contribution in [0, 0.1) is 5.41 Å². The first kappa shape index (κ1) is 13.0. The molecule has 90 valence electrons. The Morgan fingerprint density at radius 3 is 2.31 bits per heavy atom. The fourth-order valence-corrected chi connectivity index (χ4v) is 1.99. The van der Waals surface area contributed by atoms with Gasteiger partial charge in [0.25, 0.3) is 0 Å². The summed E-state index contributed by atoms with van der Waals surface area (Å²) in [5.41, 5.74) is 2.36. The van der Waals surface area contributed by atoms with E-state index in [1.807, 2.05) is 25.1 Å². The van der Waals surface area contributed by atoms with Crippen LogP contribution in [0.3, 0.4) is 0 Å². The highest BCUT2D eigenvalue weighted by Gasteiger charge is 2.17. The monoisotopic (exact) mass is 221 g/mol. The van der Waals surface area contributed by atoms with E-state index in [9.17, 15) is 5.11 Å². The number of aliphatic hydroxyl groups is 1. The highest BCUT2D eigenvalue weighted by Crippen LogP contribution is 2.27. The first-order valence-corrected chi connectivity index (χ1v) is 5.79. The van der Waals surface area contributed by atoms with Crippen LogP contribution < -0.4 is 4.90 Å². The highest BCUT2D eigenvalue weighted by atomic mass is 16.3. The Labute approximate surface area is 98.9 Å². The molecule has 1 aromatic carbocycles. The SMILES string of the molecule is CC(O)c1ccccc1N(C)CC(C)(C)C. The molecule has 1 rings (SSSR count). The van der Waals surface area contributed by atoms with Crippen LogP contribution in [-0.4, -0.2) is 18.7 Å². The summed E-state index contributed by atoms with van der Waals surface area (Å²) < 4.78 is 0. The van der Waals surface area contributed by atoms with Crippen molar-refractivity contribution in [3.8, 4) is 0 Å². The molecule has 16 heavy (non-hydrogen) atoms. The van der Waals surface area contributed by atoms with Crippen LogP contribution in [-0.2, 0) is 0 Å². The second kappa shape index (κ2) is 4.88. The smallest absolute Gasteiger partial charge is 0.0781 e. The quantitative estimate of drug-likeness (QED) is 0.847. The van der Waals surface area contributed by atoms with Crippen molar-refractivity contribution in [2.24, 2.45) is 5.41 Å². The summed E-state index contributed by atoms with van der Waals surface area (Å²) >= 11 is 0. The molecule has 0 spiro atoms. The molecule has 0 heterocycles. The molecule has 2 heteroatoms. The zero-order valence-electron chi connectivity index (χ0n) is 11.0. The maximum atomic E-state index is 9.73. The molecule has 0 aliphatic rings. The molecule has 0 radical (unpaired) electrons. The van der Waals surface area contributed by atoms with E-state index in [0.29, 0.717) is 0 Å². The predicted octanol–water partition coefficient (Wildman–Crippen LogP) is 3.22. The third kappa shape index (κ3) is 3.53. The fourth-order valence-electron chi connectivity index (χ4n) is 1.99. The lowest BCUT2D eigenvalue weighted by Crippen LogP contribution is -2.29. The van der Waals surface area contributed by atoms with Gasteiger partial charge in [-0.3, -0.25) is 0 Å². The summed E-state index contributed by atoms with van der Waals surface area (Å²) in [6, 6.07) is 8.03. The van der Waals surface area contributed by atoms with Crippen molar-refractivity contribution in [1.29, 1.82) is 0 Å². The average molecular weight is 221 g/mol. The number of rotatable bonds is 3. The molecule has 0 aliphatic carbocycles. The van der Waals surface area contributed by atoms with Gasteiger partial charge in [0, 0.05) is 24.8 Å². The number of benzene rings is 1.